The van der Waals surface area contributed by atoms with Crippen molar-refractivity contribution in [2.24, 2.45) is 5.73 Å². The highest BCUT2D eigenvalue weighted by atomic mass is 16.5. The number of nitrogens with one attached hydrogen (secondary N) is 1. The summed E-state index contributed by atoms with van der Waals surface area (Å²) in [6, 6.07) is 7.14. The highest BCUT2D eigenvalue weighted by Crippen LogP contribution is 2.24. The van der Waals surface area contributed by atoms with Gasteiger partial charge in [0, 0.05) is 38.3 Å². The lowest BCUT2D eigenvalue weighted by Crippen LogP contribution is -2.46. The first-order valence-corrected chi connectivity index (χ1v) is 7.03. The summed E-state index contributed by atoms with van der Waals surface area (Å²) in [4.78, 5) is 11.9. The molecule has 1 saturated heterocycles. The van der Waals surface area contributed by atoms with Crippen LogP contribution in [0.15, 0.2) is 24.3 Å². The molecule has 0 unspecified atom stereocenters. The van der Waals surface area contributed by atoms with E-state index in [1.54, 1.807) is 31.4 Å². The predicted molar refractivity (Wildman–Crippen MR) is 79.4 cm³/mol. The number of nitrogens with two attached hydrogens (primary N) is 1. The first-order chi connectivity index (χ1) is 10.2. The van der Waals surface area contributed by atoms with E-state index in [0.717, 1.165) is 18.6 Å². The first-order valence-electron chi connectivity index (χ1n) is 7.03. The second-order valence-electron chi connectivity index (χ2n) is 5.06. The average molecular weight is 294 g/mol. The fourth-order valence-corrected chi connectivity index (χ4v) is 2.24. The van der Waals surface area contributed by atoms with E-state index >= 15 is 0 Å². The summed E-state index contributed by atoms with van der Waals surface area (Å²) in [6.07, 6.45) is 1.44. The molecule has 6 heteroatoms. The molecule has 0 spiro atoms. The third-order valence-electron chi connectivity index (χ3n) is 3.66. The van der Waals surface area contributed by atoms with Gasteiger partial charge in [-0.05, 0) is 24.3 Å². The number of hydrogen-bond donors (Lipinski definition) is 2. The van der Waals surface area contributed by atoms with Crippen molar-refractivity contribution in [3.8, 4) is 5.75 Å². The van der Waals surface area contributed by atoms with E-state index in [9.17, 15) is 4.79 Å². The number of carbonyl (C=O) groups is 1. The van der Waals surface area contributed by atoms with Crippen LogP contribution in [0.2, 0.25) is 0 Å². The summed E-state index contributed by atoms with van der Waals surface area (Å²) in [5.74, 6) is 0.549. The number of anilines is 1. The molecule has 1 aliphatic rings. The number of ether oxygens (including phenoxy) is 3. The van der Waals surface area contributed by atoms with E-state index in [0.29, 0.717) is 25.4 Å². The van der Waals surface area contributed by atoms with Crippen LogP contribution < -0.4 is 15.8 Å². The topological polar surface area (TPSA) is 82.8 Å². The summed E-state index contributed by atoms with van der Waals surface area (Å²) in [5, 5.41) is 2.78. The summed E-state index contributed by atoms with van der Waals surface area (Å²) in [6.45, 7) is 1.63. The van der Waals surface area contributed by atoms with Crippen molar-refractivity contribution >= 4 is 11.6 Å². The van der Waals surface area contributed by atoms with E-state index in [2.05, 4.69) is 5.32 Å². The van der Waals surface area contributed by atoms with Gasteiger partial charge in [-0.3, -0.25) is 4.79 Å². The van der Waals surface area contributed by atoms with E-state index in [-0.39, 0.29) is 12.5 Å². The quantitative estimate of drug-likeness (QED) is 0.822. The van der Waals surface area contributed by atoms with Gasteiger partial charge in [-0.1, -0.05) is 0 Å². The Labute approximate surface area is 124 Å². The van der Waals surface area contributed by atoms with E-state index in [4.69, 9.17) is 19.9 Å². The fraction of sp³-hybridized carbons (Fsp3) is 0.533. The van der Waals surface area contributed by atoms with Crippen molar-refractivity contribution in [1.29, 1.82) is 0 Å². The van der Waals surface area contributed by atoms with Gasteiger partial charge in [0.25, 0.3) is 0 Å². The van der Waals surface area contributed by atoms with E-state index < -0.39 is 5.60 Å². The largest absolute Gasteiger partial charge is 0.497 e. The molecule has 2 rings (SSSR count). The molecular formula is C15H22N2O4. The van der Waals surface area contributed by atoms with Gasteiger partial charge >= 0.3 is 0 Å². The second kappa shape index (κ2) is 7.40. The predicted octanol–water partition coefficient (Wildman–Crippen LogP) is 1.16. The molecular weight excluding hydrogens is 272 g/mol. The van der Waals surface area contributed by atoms with Crippen LogP contribution in [0.3, 0.4) is 0 Å². The molecule has 0 aromatic heterocycles. The average Bonchev–Trinajstić information content (AvgIpc) is 2.54. The summed E-state index contributed by atoms with van der Waals surface area (Å²) >= 11 is 0. The molecule has 1 heterocycles. The van der Waals surface area contributed by atoms with Crippen LogP contribution in [0.4, 0.5) is 5.69 Å². The Morgan fingerprint density at radius 2 is 2.00 bits per heavy atom. The molecule has 0 atom stereocenters. The van der Waals surface area contributed by atoms with Crippen LogP contribution in [-0.2, 0) is 14.3 Å². The number of amides is 1. The van der Waals surface area contributed by atoms with Crippen LogP contribution >= 0.6 is 0 Å². The van der Waals surface area contributed by atoms with Gasteiger partial charge in [-0.25, -0.2) is 0 Å². The van der Waals surface area contributed by atoms with Crippen molar-refractivity contribution in [2.75, 3.05) is 38.8 Å². The van der Waals surface area contributed by atoms with Crippen molar-refractivity contribution in [2.45, 2.75) is 18.4 Å². The molecule has 0 saturated carbocycles. The van der Waals surface area contributed by atoms with Crippen molar-refractivity contribution in [3.63, 3.8) is 0 Å². The van der Waals surface area contributed by atoms with Crippen LogP contribution in [0, 0.1) is 0 Å². The first kappa shape index (κ1) is 15.8. The Kier molecular flexibility index (Phi) is 5.55. The highest BCUT2D eigenvalue weighted by molar-refractivity contribution is 5.91. The maximum atomic E-state index is 11.9. The maximum absolute atomic E-state index is 11.9. The van der Waals surface area contributed by atoms with Gasteiger partial charge in [-0.2, -0.15) is 0 Å². The van der Waals surface area contributed by atoms with E-state index in [1.807, 2.05) is 0 Å². The Morgan fingerprint density at radius 3 is 2.57 bits per heavy atom. The van der Waals surface area contributed by atoms with Gasteiger partial charge in [0.1, 0.15) is 12.4 Å². The van der Waals surface area contributed by atoms with Crippen LogP contribution in [-0.4, -0.2) is 45.0 Å². The van der Waals surface area contributed by atoms with Crippen LogP contribution in [0.25, 0.3) is 0 Å². The Morgan fingerprint density at radius 1 is 1.33 bits per heavy atom. The zero-order valence-corrected chi connectivity index (χ0v) is 12.3. The minimum absolute atomic E-state index is 0.0107. The maximum Gasteiger partial charge on any atom is 0.250 e. The molecule has 1 fully saturated rings. The van der Waals surface area contributed by atoms with Crippen molar-refractivity contribution in [1.82, 2.24) is 0 Å². The molecule has 3 N–H and O–H groups in total. The molecule has 21 heavy (non-hydrogen) atoms. The zero-order valence-electron chi connectivity index (χ0n) is 12.3. The third kappa shape index (κ3) is 4.42. The molecule has 1 aliphatic heterocycles. The summed E-state index contributed by atoms with van der Waals surface area (Å²) < 4.78 is 16.1. The van der Waals surface area contributed by atoms with Crippen LogP contribution in [0.1, 0.15) is 12.8 Å². The third-order valence-corrected chi connectivity index (χ3v) is 3.66. The number of methoxy groups -OCH3 is 1. The monoisotopic (exact) mass is 294 g/mol. The summed E-state index contributed by atoms with van der Waals surface area (Å²) in [7, 11) is 1.60. The molecule has 6 nitrogen and oxygen atoms in total. The molecule has 0 aliphatic carbocycles. The SMILES string of the molecule is COc1ccc(NC(=O)COC2(CN)CCOCC2)cc1. The summed E-state index contributed by atoms with van der Waals surface area (Å²) in [5.41, 5.74) is 6.05. The molecule has 116 valence electrons. The minimum Gasteiger partial charge on any atom is -0.497 e. The lowest BCUT2D eigenvalue weighted by Gasteiger charge is -2.35. The Bertz CT molecular complexity index is 455. The smallest absolute Gasteiger partial charge is 0.250 e. The Balaban J connectivity index is 1.83. The molecule has 1 aromatic rings. The van der Waals surface area contributed by atoms with Gasteiger partial charge in [-0.15, -0.1) is 0 Å². The zero-order chi connectivity index (χ0) is 15.1. The molecule has 1 amide bonds. The fourth-order valence-electron chi connectivity index (χ4n) is 2.24. The van der Waals surface area contributed by atoms with Gasteiger partial charge in [0.2, 0.25) is 5.91 Å². The van der Waals surface area contributed by atoms with Crippen LogP contribution in [0.5, 0.6) is 5.75 Å². The van der Waals surface area contributed by atoms with Gasteiger partial charge in [0.05, 0.1) is 12.7 Å². The lowest BCUT2D eigenvalue weighted by molar-refractivity contribution is -0.137. The molecule has 0 radical (unpaired) electrons. The lowest BCUT2D eigenvalue weighted by atomic mass is 9.94. The van der Waals surface area contributed by atoms with Crippen molar-refractivity contribution < 1.29 is 19.0 Å². The Hall–Kier alpha value is -1.63. The number of rotatable bonds is 6. The second-order valence-corrected chi connectivity index (χ2v) is 5.06. The highest BCUT2D eigenvalue weighted by Gasteiger charge is 2.32. The standard InChI is InChI=1S/C15H22N2O4/c1-19-13-4-2-12(3-5-13)17-14(18)10-21-15(11-16)6-8-20-9-7-15/h2-5H,6-11,16H2,1H3,(H,17,18). The van der Waals surface area contributed by atoms with Gasteiger partial charge in [0.15, 0.2) is 0 Å². The molecule has 1 aromatic carbocycles. The number of hydrogen-bond acceptors (Lipinski definition) is 5. The minimum atomic E-state index is -0.435. The van der Waals surface area contributed by atoms with Gasteiger partial charge < -0.3 is 25.3 Å². The van der Waals surface area contributed by atoms with Crippen molar-refractivity contribution in [3.05, 3.63) is 24.3 Å². The van der Waals surface area contributed by atoms with E-state index in [1.165, 1.54) is 0 Å². The molecule has 0 bridgehead atoms. The number of benzene rings is 1. The number of carbonyl (C=O) groups excluding carboxylic acids is 1. The normalized spacial score (nSPS) is 17.2.